The first-order chi connectivity index (χ1) is 4.66. The molecule has 0 fully saturated rings. The first-order valence-electron chi connectivity index (χ1n) is 3.49. The molecule has 0 saturated heterocycles. The monoisotopic (exact) mass is 147 g/mol. The lowest BCUT2D eigenvalue weighted by Gasteiger charge is -2.06. The minimum absolute atomic E-state index is 0.00764. The second-order valence-corrected chi connectivity index (χ2v) is 2.44. The van der Waals surface area contributed by atoms with Crippen molar-refractivity contribution in [2.45, 2.75) is 25.3 Å². The maximum atomic E-state index is 10.0. The lowest BCUT2D eigenvalue weighted by Crippen LogP contribution is -2.63. The Morgan fingerprint density at radius 1 is 1.60 bits per heavy atom. The molecule has 60 valence electrons. The van der Waals surface area contributed by atoms with Crippen molar-refractivity contribution in [2.75, 3.05) is 6.54 Å². The van der Waals surface area contributed by atoms with Gasteiger partial charge in [0.1, 0.15) is 0 Å². The van der Waals surface area contributed by atoms with Crippen LogP contribution in [-0.2, 0) is 4.79 Å². The van der Waals surface area contributed by atoms with Gasteiger partial charge in [0, 0.05) is 25.2 Å². The van der Waals surface area contributed by atoms with Gasteiger partial charge in [0.25, 0.3) is 0 Å². The molecule has 0 aromatic rings. The fraction of sp³-hybridized carbons (Fsp3) is 0.833. The second-order valence-electron chi connectivity index (χ2n) is 2.44. The summed E-state index contributed by atoms with van der Waals surface area (Å²) < 4.78 is 0. The van der Waals surface area contributed by atoms with Crippen molar-refractivity contribution >= 4 is 5.97 Å². The molecule has 0 rings (SSSR count). The lowest BCUT2D eigenvalue weighted by atomic mass is 10.1. The van der Waals surface area contributed by atoms with Gasteiger partial charge in [0.15, 0.2) is 0 Å². The topological polar surface area (TPSA) is 95.4 Å². The highest BCUT2D eigenvalue weighted by atomic mass is 16.4. The minimum Gasteiger partial charge on any atom is -0.550 e. The van der Waals surface area contributed by atoms with Crippen LogP contribution in [0.1, 0.15) is 19.3 Å². The number of rotatable bonds is 5. The summed E-state index contributed by atoms with van der Waals surface area (Å²) in [5, 5.41) is 10.0. The molecular weight excluding hydrogens is 132 g/mol. The minimum atomic E-state index is -1.01. The molecule has 0 saturated carbocycles. The summed E-state index contributed by atoms with van der Waals surface area (Å²) in [6.07, 6.45) is 1.85. The zero-order valence-corrected chi connectivity index (χ0v) is 6.14. The Morgan fingerprint density at radius 3 is 2.60 bits per heavy atom. The lowest BCUT2D eigenvalue weighted by molar-refractivity contribution is -0.429. The number of hydrogen-bond donors (Lipinski definition) is 2. The second kappa shape index (κ2) is 5.20. The largest absolute Gasteiger partial charge is 0.550 e. The van der Waals surface area contributed by atoms with Crippen molar-refractivity contribution in [1.82, 2.24) is 0 Å². The van der Waals surface area contributed by atoms with Gasteiger partial charge >= 0.3 is 0 Å². The van der Waals surface area contributed by atoms with Crippen LogP contribution in [0.5, 0.6) is 0 Å². The molecule has 1 atom stereocenters. The maximum absolute atomic E-state index is 10.0. The normalized spacial score (nSPS) is 13.0. The molecule has 4 heteroatoms. The first kappa shape index (κ1) is 9.39. The molecule has 0 aromatic heterocycles. The molecule has 6 N–H and O–H groups in total. The average Bonchev–Trinajstić information content (AvgIpc) is 1.82. The number of carbonyl (C=O) groups is 1. The number of aliphatic carboxylic acids is 1. The molecule has 0 heterocycles. The van der Waals surface area contributed by atoms with Crippen molar-refractivity contribution in [3.8, 4) is 0 Å². The average molecular weight is 147 g/mol. The van der Waals surface area contributed by atoms with Crippen LogP contribution in [0, 0.1) is 0 Å². The van der Waals surface area contributed by atoms with Crippen LogP contribution in [0.25, 0.3) is 0 Å². The zero-order valence-electron chi connectivity index (χ0n) is 6.14. The van der Waals surface area contributed by atoms with Crippen molar-refractivity contribution in [2.24, 2.45) is 0 Å². The van der Waals surface area contributed by atoms with E-state index in [1.54, 1.807) is 0 Å². The molecule has 0 bridgehead atoms. The van der Waals surface area contributed by atoms with Crippen LogP contribution >= 0.6 is 0 Å². The van der Waals surface area contributed by atoms with Gasteiger partial charge in [-0.2, -0.15) is 0 Å². The molecule has 0 spiro atoms. The Balaban J connectivity index is 3.25. The summed E-state index contributed by atoms with van der Waals surface area (Å²) in [5.41, 5.74) is 7.31. The predicted molar refractivity (Wildman–Crippen MR) is 33.3 cm³/mol. The molecule has 0 radical (unpaired) electrons. The van der Waals surface area contributed by atoms with E-state index in [0.29, 0.717) is 0 Å². The Bertz CT molecular complexity index is 106. The van der Waals surface area contributed by atoms with E-state index in [9.17, 15) is 9.90 Å². The highest BCUT2D eigenvalue weighted by Crippen LogP contribution is 1.93. The molecule has 0 aliphatic heterocycles. The van der Waals surface area contributed by atoms with E-state index < -0.39 is 5.97 Å². The van der Waals surface area contributed by atoms with Gasteiger partial charge in [-0.1, -0.05) is 0 Å². The summed E-state index contributed by atoms with van der Waals surface area (Å²) in [6.45, 7) is 0.846. The quantitative estimate of drug-likeness (QED) is 0.427. The van der Waals surface area contributed by atoms with Crippen molar-refractivity contribution in [1.29, 1.82) is 0 Å². The Morgan fingerprint density at radius 2 is 2.20 bits per heavy atom. The van der Waals surface area contributed by atoms with E-state index >= 15 is 0 Å². The fourth-order valence-electron chi connectivity index (χ4n) is 0.771. The molecular formula is C6H15N2O2+. The summed E-state index contributed by atoms with van der Waals surface area (Å²) in [5.74, 6) is -1.01. The number of carbonyl (C=O) groups excluding carboxylic acids is 1. The number of carboxylic acid groups (broad SMARTS) is 1. The molecule has 0 aliphatic rings. The Kier molecular flexibility index (Phi) is 4.88. The van der Waals surface area contributed by atoms with E-state index in [2.05, 4.69) is 11.5 Å². The third-order valence-corrected chi connectivity index (χ3v) is 1.32. The van der Waals surface area contributed by atoms with Crippen LogP contribution in [0.15, 0.2) is 0 Å². The summed E-state index contributed by atoms with van der Waals surface area (Å²) in [4.78, 5) is 10.0. The van der Waals surface area contributed by atoms with Crippen molar-refractivity contribution in [3.63, 3.8) is 0 Å². The first-order valence-corrected chi connectivity index (χ1v) is 3.49. The molecule has 0 aromatic carbocycles. The molecule has 0 unspecified atom stereocenters. The predicted octanol–water partition coefficient (Wildman–Crippen LogP) is -3.24. The molecule has 0 amide bonds. The summed E-state index contributed by atoms with van der Waals surface area (Å²) in [7, 11) is 0. The highest BCUT2D eigenvalue weighted by molar-refractivity contribution is 5.64. The van der Waals surface area contributed by atoms with Crippen molar-refractivity contribution < 1.29 is 21.4 Å². The van der Waals surface area contributed by atoms with Gasteiger partial charge in [0.2, 0.25) is 0 Å². The summed E-state index contributed by atoms with van der Waals surface area (Å²) in [6, 6.07) is -0.00764. The van der Waals surface area contributed by atoms with E-state index in [1.807, 2.05) is 0 Å². The number of hydrogen-bond acceptors (Lipinski definition) is 2. The van der Waals surface area contributed by atoms with Crippen LogP contribution in [0.3, 0.4) is 0 Å². The van der Waals surface area contributed by atoms with Gasteiger partial charge in [-0.3, -0.25) is 0 Å². The standard InChI is InChI=1S/C6H14N2O2/c7-3-1-2-5(8)4-6(9)10/h5H,1-4,7-8H2,(H,9,10)/p+1/t5-/m0/s1. The number of carboxylic acids is 1. The zero-order chi connectivity index (χ0) is 7.98. The fourth-order valence-corrected chi connectivity index (χ4v) is 0.771. The smallest absolute Gasteiger partial charge is 0.0898 e. The van der Waals surface area contributed by atoms with Gasteiger partial charge < -0.3 is 21.4 Å². The third-order valence-electron chi connectivity index (χ3n) is 1.32. The van der Waals surface area contributed by atoms with Crippen molar-refractivity contribution in [3.05, 3.63) is 0 Å². The van der Waals surface area contributed by atoms with Crippen LogP contribution in [0.2, 0.25) is 0 Å². The highest BCUT2D eigenvalue weighted by Gasteiger charge is 2.04. The third kappa shape index (κ3) is 5.53. The van der Waals surface area contributed by atoms with Gasteiger partial charge in [-0.05, 0) is 0 Å². The van der Waals surface area contributed by atoms with Gasteiger partial charge in [-0.15, -0.1) is 0 Å². The summed E-state index contributed by atoms with van der Waals surface area (Å²) >= 11 is 0. The van der Waals surface area contributed by atoms with Crippen LogP contribution in [-0.4, -0.2) is 18.6 Å². The Hall–Kier alpha value is -0.610. The van der Waals surface area contributed by atoms with E-state index in [1.165, 1.54) is 0 Å². The molecule has 0 aliphatic carbocycles. The number of quaternary nitrogens is 2. The Labute approximate surface area is 60.2 Å². The molecule has 10 heavy (non-hydrogen) atoms. The van der Waals surface area contributed by atoms with Crippen LogP contribution in [0.4, 0.5) is 0 Å². The van der Waals surface area contributed by atoms with Gasteiger partial charge in [-0.25, -0.2) is 0 Å². The van der Waals surface area contributed by atoms with E-state index in [-0.39, 0.29) is 12.5 Å². The van der Waals surface area contributed by atoms with E-state index in [0.717, 1.165) is 19.4 Å². The maximum Gasteiger partial charge on any atom is 0.0898 e. The molecule has 4 nitrogen and oxygen atoms in total. The van der Waals surface area contributed by atoms with Gasteiger partial charge in [0.05, 0.1) is 12.6 Å². The van der Waals surface area contributed by atoms with E-state index in [4.69, 9.17) is 0 Å². The van der Waals surface area contributed by atoms with Crippen LogP contribution < -0.4 is 16.6 Å². The SMILES string of the molecule is [NH3+]CCC[C@H]([NH3+])CC(=O)[O-].